The van der Waals surface area contributed by atoms with Crippen molar-refractivity contribution >= 4 is 0 Å². The zero-order valence-corrected chi connectivity index (χ0v) is 15.9. The molecule has 0 radical (unpaired) electrons. The van der Waals surface area contributed by atoms with Gasteiger partial charge in [-0.15, -0.1) is 0 Å². The van der Waals surface area contributed by atoms with Crippen molar-refractivity contribution in [2.24, 2.45) is 0 Å². The van der Waals surface area contributed by atoms with Crippen molar-refractivity contribution in [3.63, 3.8) is 0 Å². The average molecular weight is 388 g/mol. The molecule has 0 aromatic heterocycles. The van der Waals surface area contributed by atoms with Gasteiger partial charge in [0.25, 0.3) is 0 Å². The van der Waals surface area contributed by atoms with Gasteiger partial charge in [-0.1, -0.05) is 0 Å². The van der Waals surface area contributed by atoms with Gasteiger partial charge in [0.2, 0.25) is 0 Å². The van der Waals surface area contributed by atoms with Crippen LogP contribution in [0.3, 0.4) is 0 Å². The summed E-state index contributed by atoms with van der Waals surface area (Å²) in [5.74, 6) is 0. The molecular formula is C19H32O8. The van der Waals surface area contributed by atoms with Crippen LogP contribution in [-0.2, 0) is 37.9 Å². The van der Waals surface area contributed by atoms with Crippen LogP contribution < -0.4 is 0 Å². The molecule has 156 valence electrons. The number of rotatable bonds is 18. The molecule has 4 saturated heterocycles. The monoisotopic (exact) mass is 388 g/mol. The molecule has 8 nitrogen and oxygen atoms in total. The van der Waals surface area contributed by atoms with E-state index in [0.29, 0.717) is 39.1 Å². The van der Waals surface area contributed by atoms with E-state index in [4.69, 9.17) is 37.9 Å². The highest BCUT2D eigenvalue weighted by Crippen LogP contribution is 2.20. The van der Waals surface area contributed by atoms with Crippen molar-refractivity contribution in [1.29, 1.82) is 0 Å². The standard InChI is InChI=1S/C19H32O8/c1(2-4-20-5-14-7-22-14)3-18(26-11-16-9-24-16)19(27-12-17-10-25-17)13-21-6-15-8-23-15/h14-19H,1-13H2. The van der Waals surface area contributed by atoms with Crippen LogP contribution in [0, 0.1) is 0 Å². The Labute approximate surface area is 160 Å². The van der Waals surface area contributed by atoms with Gasteiger partial charge in [-0.25, -0.2) is 0 Å². The highest BCUT2D eigenvalue weighted by atomic mass is 16.6. The molecule has 27 heavy (non-hydrogen) atoms. The molecule has 4 aliphatic rings. The maximum atomic E-state index is 6.15. The van der Waals surface area contributed by atoms with Gasteiger partial charge in [-0.05, 0) is 19.3 Å². The third kappa shape index (κ3) is 8.70. The molecule has 4 fully saturated rings. The number of hydrogen-bond donors (Lipinski definition) is 0. The summed E-state index contributed by atoms with van der Waals surface area (Å²) >= 11 is 0. The normalized spacial score (nSPS) is 32.9. The Morgan fingerprint density at radius 3 is 1.74 bits per heavy atom. The van der Waals surface area contributed by atoms with Crippen LogP contribution in [0.2, 0.25) is 0 Å². The number of epoxide rings is 4. The molecule has 4 aliphatic heterocycles. The SMILES string of the molecule is C(CCC(OCC1CO1)C(COCC1CO1)OCC1CO1)COCC1CO1. The maximum Gasteiger partial charge on any atom is 0.107 e. The van der Waals surface area contributed by atoms with Crippen LogP contribution in [0.15, 0.2) is 0 Å². The van der Waals surface area contributed by atoms with Crippen LogP contribution in [-0.4, -0.2) is 103 Å². The lowest BCUT2D eigenvalue weighted by Gasteiger charge is -2.27. The third-order valence-electron chi connectivity index (χ3n) is 4.93. The van der Waals surface area contributed by atoms with E-state index in [1.54, 1.807) is 0 Å². The molecule has 8 heteroatoms. The summed E-state index contributed by atoms with van der Waals surface area (Å²) < 4.78 is 44.6. The van der Waals surface area contributed by atoms with Crippen molar-refractivity contribution < 1.29 is 37.9 Å². The first-order valence-electron chi connectivity index (χ1n) is 10.2. The van der Waals surface area contributed by atoms with Gasteiger partial charge in [0, 0.05) is 6.61 Å². The molecule has 6 unspecified atom stereocenters. The summed E-state index contributed by atoms with van der Waals surface area (Å²) in [6.07, 6.45) is 3.86. The van der Waals surface area contributed by atoms with Crippen LogP contribution in [0.4, 0.5) is 0 Å². The molecule has 4 rings (SSSR count). The summed E-state index contributed by atoms with van der Waals surface area (Å²) in [6.45, 7) is 7.03. The van der Waals surface area contributed by atoms with Gasteiger partial charge in [0.05, 0.1) is 65.6 Å². The van der Waals surface area contributed by atoms with E-state index in [-0.39, 0.29) is 30.5 Å². The maximum absolute atomic E-state index is 6.15. The largest absolute Gasteiger partial charge is 0.379 e. The summed E-state index contributed by atoms with van der Waals surface area (Å²) in [5, 5.41) is 0. The molecule has 4 heterocycles. The summed E-state index contributed by atoms with van der Waals surface area (Å²) in [6, 6.07) is 0. The number of hydrogen-bond acceptors (Lipinski definition) is 8. The second kappa shape index (κ2) is 10.5. The zero-order chi connectivity index (χ0) is 18.3. The summed E-state index contributed by atoms with van der Waals surface area (Å²) in [7, 11) is 0. The van der Waals surface area contributed by atoms with Gasteiger partial charge < -0.3 is 37.9 Å². The van der Waals surface area contributed by atoms with Gasteiger partial charge in [-0.2, -0.15) is 0 Å². The van der Waals surface area contributed by atoms with Crippen LogP contribution in [0.25, 0.3) is 0 Å². The van der Waals surface area contributed by atoms with Crippen LogP contribution in [0.1, 0.15) is 19.3 Å². The van der Waals surface area contributed by atoms with E-state index in [9.17, 15) is 0 Å². The Morgan fingerprint density at radius 2 is 1.15 bits per heavy atom. The van der Waals surface area contributed by atoms with Crippen LogP contribution >= 0.6 is 0 Å². The first-order chi connectivity index (χ1) is 13.4. The Hall–Kier alpha value is -0.320. The number of unbranched alkanes of at least 4 members (excludes halogenated alkanes) is 1. The molecule has 0 aliphatic carbocycles. The Bertz CT molecular complexity index is 420. The van der Waals surface area contributed by atoms with Crippen molar-refractivity contribution in [2.75, 3.05) is 66.1 Å². The van der Waals surface area contributed by atoms with E-state index in [0.717, 1.165) is 52.3 Å². The third-order valence-corrected chi connectivity index (χ3v) is 4.93. The fourth-order valence-electron chi connectivity index (χ4n) is 2.84. The minimum Gasteiger partial charge on any atom is -0.379 e. The van der Waals surface area contributed by atoms with E-state index in [1.165, 1.54) is 0 Å². The molecule has 0 bridgehead atoms. The molecular weight excluding hydrogens is 356 g/mol. The Balaban J connectivity index is 1.18. The van der Waals surface area contributed by atoms with Crippen molar-refractivity contribution in [2.45, 2.75) is 55.9 Å². The van der Waals surface area contributed by atoms with Gasteiger partial charge >= 0.3 is 0 Å². The lowest BCUT2D eigenvalue weighted by atomic mass is 10.1. The molecule has 0 aromatic rings. The fraction of sp³-hybridized carbons (Fsp3) is 1.00. The first kappa shape index (κ1) is 20.0. The second-order valence-electron chi connectivity index (χ2n) is 7.67. The van der Waals surface area contributed by atoms with E-state index >= 15 is 0 Å². The zero-order valence-electron chi connectivity index (χ0n) is 15.9. The molecule has 0 spiro atoms. The molecule has 0 saturated carbocycles. The van der Waals surface area contributed by atoms with Crippen molar-refractivity contribution in [1.82, 2.24) is 0 Å². The topological polar surface area (TPSA) is 87.0 Å². The summed E-state index contributed by atoms with van der Waals surface area (Å²) in [4.78, 5) is 0. The minimum absolute atomic E-state index is 0.0140. The molecule has 0 amide bonds. The van der Waals surface area contributed by atoms with E-state index in [1.807, 2.05) is 0 Å². The second-order valence-corrected chi connectivity index (χ2v) is 7.67. The highest BCUT2D eigenvalue weighted by Gasteiger charge is 2.32. The lowest BCUT2D eigenvalue weighted by Crippen LogP contribution is -2.38. The predicted molar refractivity (Wildman–Crippen MR) is 93.9 cm³/mol. The molecule has 6 atom stereocenters. The lowest BCUT2D eigenvalue weighted by molar-refractivity contribution is -0.112. The van der Waals surface area contributed by atoms with Crippen molar-refractivity contribution in [3.8, 4) is 0 Å². The smallest absolute Gasteiger partial charge is 0.107 e. The minimum atomic E-state index is -0.104. The van der Waals surface area contributed by atoms with E-state index < -0.39 is 0 Å². The average Bonchev–Trinajstić information content (AvgIpc) is 3.51. The first-order valence-corrected chi connectivity index (χ1v) is 10.2. The van der Waals surface area contributed by atoms with Crippen molar-refractivity contribution in [3.05, 3.63) is 0 Å². The Kier molecular flexibility index (Phi) is 7.73. The Morgan fingerprint density at radius 1 is 0.630 bits per heavy atom. The van der Waals surface area contributed by atoms with Gasteiger partial charge in [-0.3, -0.25) is 0 Å². The van der Waals surface area contributed by atoms with Gasteiger partial charge in [0.1, 0.15) is 30.5 Å². The van der Waals surface area contributed by atoms with E-state index in [2.05, 4.69) is 0 Å². The van der Waals surface area contributed by atoms with Crippen LogP contribution in [0.5, 0.6) is 0 Å². The fourth-order valence-corrected chi connectivity index (χ4v) is 2.84. The van der Waals surface area contributed by atoms with Gasteiger partial charge in [0.15, 0.2) is 0 Å². The quantitative estimate of drug-likeness (QED) is 0.249. The summed E-state index contributed by atoms with van der Waals surface area (Å²) in [5.41, 5.74) is 0. The highest BCUT2D eigenvalue weighted by molar-refractivity contribution is 4.78. The molecule has 0 N–H and O–H groups in total. The predicted octanol–water partition coefficient (Wildman–Crippen LogP) is 0.556. The number of ether oxygens (including phenoxy) is 8. The molecule has 0 aromatic carbocycles.